The maximum atomic E-state index is 5.98. The van der Waals surface area contributed by atoms with Gasteiger partial charge in [0.15, 0.2) is 0 Å². The van der Waals surface area contributed by atoms with Gasteiger partial charge in [0.25, 0.3) is 0 Å². The molecule has 1 aliphatic rings. The summed E-state index contributed by atoms with van der Waals surface area (Å²) in [5.41, 5.74) is 0.994. The van der Waals surface area contributed by atoms with Gasteiger partial charge >= 0.3 is 0 Å². The molecule has 0 N–H and O–H groups in total. The fraction of sp³-hybridized carbons (Fsp3) is 0. The summed E-state index contributed by atoms with van der Waals surface area (Å²) in [5.74, 6) is 0. The average Bonchev–Trinajstić information content (AvgIpc) is 2.59. The lowest BCUT2D eigenvalue weighted by Gasteiger charge is -2.00. The third-order valence-corrected chi connectivity index (χ3v) is 5.06. The molecule has 2 aromatic rings. The van der Waals surface area contributed by atoms with Gasteiger partial charge in [0.2, 0.25) is 0 Å². The highest BCUT2D eigenvalue weighted by Crippen LogP contribution is 2.45. The Kier molecular flexibility index (Phi) is 2.00. The second kappa shape index (κ2) is 3.22. The quantitative estimate of drug-likeness (QED) is 0.654. The van der Waals surface area contributed by atoms with Crippen LogP contribution in [0.15, 0.2) is 39.9 Å². The van der Waals surface area contributed by atoms with Crippen molar-refractivity contribution in [3.8, 4) is 0 Å². The Morgan fingerprint density at radius 1 is 1.29 bits per heavy atom. The predicted octanol–water partition coefficient (Wildman–Crippen LogP) is 3.84. The van der Waals surface area contributed by atoms with Gasteiger partial charge in [-0.05, 0) is 39.0 Å². The van der Waals surface area contributed by atoms with E-state index in [9.17, 15) is 0 Å². The third kappa shape index (κ3) is 1.26. The van der Waals surface area contributed by atoms with Gasteiger partial charge in [0.1, 0.15) is 0 Å². The highest BCUT2D eigenvalue weighted by Gasteiger charge is 2.15. The van der Waals surface area contributed by atoms with Crippen molar-refractivity contribution in [2.24, 2.45) is 4.36 Å². The van der Waals surface area contributed by atoms with Crippen LogP contribution in [0.1, 0.15) is 0 Å². The Morgan fingerprint density at radius 2 is 2.21 bits per heavy atom. The summed E-state index contributed by atoms with van der Waals surface area (Å²) < 4.78 is 4.33. The molecule has 3 rings (SSSR count). The number of aromatic nitrogens is 1. The van der Waals surface area contributed by atoms with Crippen molar-refractivity contribution in [3.63, 3.8) is 0 Å². The third-order valence-electron chi connectivity index (χ3n) is 2.08. The Hall–Kier alpha value is -0.580. The van der Waals surface area contributed by atoms with Gasteiger partial charge in [0.05, 0.1) is 19.5 Å². The number of pyridine rings is 1. The van der Waals surface area contributed by atoms with Crippen LogP contribution in [0, 0.1) is 0 Å². The molecule has 1 unspecified atom stereocenters. The molecule has 0 fully saturated rings. The number of rotatable bonds is 0. The summed E-state index contributed by atoms with van der Waals surface area (Å²) >= 11 is 0. The molecule has 5 heteroatoms. The maximum absolute atomic E-state index is 5.98. The zero-order valence-electron chi connectivity index (χ0n) is 6.98. The van der Waals surface area contributed by atoms with E-state index in [-0.39, 0.29) is 0 Å². The van der Waals surface area contributed by atoms with E-state index in [1.54, 1.807) is 17.0 Å². The summed E-state index contributed by atoms with van der Waals surface area (Å²) in [6, 6.07) is 6.07. The van der Waals surface area contributed by atoms with E-state index in [1.807, 2.05) is 18.3 Å². The lowest BCUT2D eigenvalue weighted by molar-refractivity contribution is 1.34. The molecule has 1 atom stereocenters. The molecule has 70 valence electrons. The summed E-state index contributed by atoms with van der Waals surface area (Å²) in [7, 11) is 7.15. The van der Waals surface area contributed by atoms with Crippen LogP contribution in [-0.4, -0.2) is 4.98 Å². The minimum atomic E-state index is -0.439. The molecule has 0 saturated carbocycles. The van der Waals surface area contributed by atoms with Crippen LogP contribution in [0.5, 0.6) is 0 Å². The number of fused-ring (bicyclic) bond motifs is 3. The second-order valence-corrected chi connectivity index (χ2v) is 6.94. The Bertz CT molecular complexity index is 554. The van der Waals surface area contributed by atoms with Crippen molar-refractivity contribution in [2.75, 3.05) is 0 Å². The van der Waals surface area contributed by atoms with Gasteiger partial charge < -0.3 is 0 Å². The summed E-state index contributed by atoms with van der Waals surface area (Å²) in [4.78, 5) is 5.28. The van der Waals surface area contributed by atoms with Gasteiger partial charge in [-0.15, -0.1) is 0 Å². The largest absolute Gasteiger partial charge is 0.264 e. The average molecular weight is 241 g/mol. The van der Waals surface area contributed by atoms with Crippen LogP contribution < -0.4 is 0 Å². The van der Waals surface area contributed by atoms with Crippen molar-refractivity contribution in [1.82, 2.24) is 4.98 Å². The van der Waals surface area contributed by atoms with Crippen LogP contribution in [-0.2, 0) is 8.94 Å². The molecule has 1 aliphatic heterocycles. The van der Waals surface area contributed by atoms with Gasteiger partial charge in [-0.3, -0.25) is 4.98 Å². The normalized spacial score (nSPS) is 19.4. The second-order valence-electron chi connectivity index (χ2n) is 2.89. The van der Waals surface area contributed by atoms with E-state index in [1.165, 1.54) is 5.39 Å². The first kappa shape index (κ1) is 8.71. The SMILES string of the molecule is ClS1=Nc2ccc3ccncc3c2S1. The van der Waals surface area contributed by atoms with E-state index >= 15 is 0 Å². The molecule has 1 aromatic heterocycles. The molecular formula is C9H5ClN2S2. The molecule has 0 bridgehead atoms. The highest BCUT2D eigenvalue weighted by atomic mass is 35.7. The van der Waals surface area contributed by atoms with E-state index in [2.05, 4.69) is 15.4 Å². The van der Waals surface area contributed by atoms with Gasteiger partial charge in [-0.25, -0.2) is 4.36 Å². The number of halogens is 1. The van der Waals surface area contributed by atoms with Crippen molar-refractivity contribution in [3.05, 3.63) is 30.6 Å². The first-order valence-electron chi connectivity index (χ1n) is 4.02. The molecule has 0 saturated heterocycles. The lowest BCUT2D eigenvalue weighted by atomic mass is 10.1. The lowest BCUT2D eigenvalue weighted by Crippen LogP contribution is -1.77. The predicted molar refractivity (Wildman–Crippen MR) is 62.9 cm³/mol. The zero-order chi connectivity index (χ0) is 9.54. The summed E-state index contributed by atoms with van der Waals surface area (Å²) in [6.45, 7) is 0. The minimum Gasteiger partial charge on any atom is -0.264 e. The topological polar surface area (TPSA) is 25.2 Å². The highest BCUT2D eigenvalue weighted by molar-refractivity contribution is 8.78. The molecule has 2 heterocycles. The number of benzene rings is 1. The first-order valence-corrected chi connectivity index (χ1v) is 7.36. The van der Waals surface area contributed by atoms with Gasteiger partial charge in [-0.2, -0.15) is 0 Å². The van der Waals surface area contributed by atoms with Crippen LogP contribution in [0.4, 0.5) is 5.69 Å². The summed E-state index contributed by atoms with van der Waals surface area (Å²) in [5, 5.41) is 2.34. The van der Waals surface area contributed by atoms with Crippen LogP contribution >= 0.6 is 21.5 Å². The number of hydrogen-bond acceptors (Lipinski definition) is 3. The number of nitrogens with zero attached hydrogens (tertiary/aromatic N) is 2. The van der Waals surface area contributed by atoms with Crippen LogP contribution in [0.2, 0.25) is 0 Å². The Morgan fingerprint density at radius 3 is 3.14 bits per heavy atom. The Labute approximate surface area is 91.7 Å². The van der Waals surface area contributed by atoms with Crippen molar-refractivity contribution < 1.29 is 0 Å². The molecular weight excluding hydrogens is 236 g/mol. The van der Waals surface area contributed by atoms with Crippen LogP contribution in [0.25, 0.3) is 10.8 Å². The molecule has 0 spiro atoms. The molecule has 14 heavy (non-hydrogen) atoms. The maximum Gasteiger partial charge on any atom is 0.0878 e. The first-order chi connectivity index (χ1) is 6.84. The van der Waals surface area contributed by atoms with Crippen molar-refractivity contribution in [1.29, 1.82) is 0 Å². The summed E-state index contributed by atoms with van der Waals surface area (Å²) in [6.07, 6.45) is 3.67. The van der Waals surface area contributed by atoms with Crippen molar-refractivity contribution >= 4 is 46.9 Å². The fourth-order valence-corrected chi connectivity index (χ4v) is 4.53. The standard InChI is InChI=1S/C9H5ClN2S2/c10-14-12-8-2-1-6-3-4-11-5-7(6)9(8)13-14/h1-5H. The zero-order valence-corrected chi connectivity index (χ0v) is 9.36. The smallest absolute Gasteiger partial charge is 0.0878 e. The molecule has 0 aliphatic carbocycles. The van der Waals surface area contributed by atoms with Gasteiger partial charge in [-0.1, -0.05) is 6.07 Å². The monoisotopic (exact) mass is 240 g/mol. The van der Waals surface area contributed by atoms with E-state index < -0.39 is 8.94 Å². The van der Waals surface area contributed by atoms with Gasteiger partial charge in [0, 0.05) is 17.8 Å². The van der Waals surface area contributed by atoms with E-state index in [0.717, 1.165) is 16.0 Å². The molecule has 0 radical (unpaired) electrons. The number of hydrogen-bond donors (Lipinski definition) is 0. The molecule has 1 aromatic carbocycles. The van der Waals surface area contributed by atoms with Crippen molar-refractivity contribution in [2.45, 2.75) is 4.90 Å². The fourth-order valence-electron chi connectivity index (χ4n) is 1.45. The van der Waals surface area contributed by atoms with Crippen LogP contribution in [0.3, 0.4) is 0 Å². The molecule has 0 amide bonds. The van der Waals surface area contributed by atoms with E-state index in [4.69, 9.17) is 10.7 Å². The minimum absolute atomic E-state index is 0.439. The van der Waals surface area contributed by atoms with E-state index in [0.29, 0.717) is 0 Å². The molecule has 2 nitrogen and oxygen atoms in total. The Balaban J connectivity index is 2.38.